The summed E-state index contributed by atoms with van der Waals surface area (Å²) < 4.78 is 5.50. The van der Waals surface area contributed by atoms with Gasteiger partial charge in [-0.05, 0) is 54.6 Å². The molecule has 2 heterocycles. The van der Waals surface area contributed by atoms with E-state index in [1.165, 1.54) is 32.6 Å². The van der Waals surface area contributed by atoms with Gasteiger partial charge in [0.05, 0.1) is 28.6 Å². The number of hydrogen-bond acceptors (Lipinski definition) is 0. The van der Waals surface area contributed by atoms with Crippen molar-refractivity contribution in [1.29, 1.82) is 0 Å². The zero-order valence-corrected chi connectivity index (χ0v) is 20.2. The third kappa shape index (κ3) is 2.96. The number of halogens is 1. The molecular formula is C31H18BrN3. The van der Waals surface area contributed by atoms with Gasteiger partial charge in [-0.1, -0.05) is 70.5 Å². The van der Waals surface area contributed by atoms with E-state index in [1.54, 1.807) is 0 Å². The van der Waals surface area contributed by atoms with Crippen LogP contribution in [-0.2, 0) is 0 Å². The molecule has 0 unspecified atom stereocenters. The lowest BCUT2D eigenvalue weighted by Gasteiger charge is -2.11. The zero-order chi connectivity index (χ0) is 23.5. The average molecular weight is 512 g/mol. The Balaban J connectivity index is 1.57. The molecule has 2 aromatic heterocycles. The summed E-state index contributed by atoms with van der Waals surface area (Å²) in [6.07, 6.45) is 0. The summed E-state index contributed by atoms with van der Waals surface area (Å²) in [6.45, 7) is 7.52. The van der Waals surface area contributed by atoms with Gasteiger partial charge >= 0.3 is 0 Å². The summed E-state index contributed by atoms with van der Waals surface area (Å²) in [7, 11) is 0. The first kappa shape index (κ1) is 20.1. The Hall–Kier alpha value is -4.33. The molecule has 0 fully saturated rings. The summed E-state index contributed by atoms with van der Waals surface area (Å²) in [6, 6.07) is 38.2. The third-order valence-electron chi connectivity index (χ3n) is 6.75. The molecule has 0 radical (unpaired) electrons. The molecular weight excluding hydrogens is 494 g/mol. The molecule has 164 valence electrons. The summed E-state index contributed by atoms with van der Waals surface area (Å²) in [4.78, 5) is 3.67. The van der Waals surface area contributed by atoms with Gasteiger partial charge in [0, 0.05) is 37.4 Å². The molecule has 0 N–H and O–H groups in total. The lowest BCUT2D eigenvalue weighted by atomic mass is 10.1. The van der Waals surface area contributed by atoms with Gasteiger partial charge in [-0.15, -0.1) is 0 Å². The van der Waals surface area contributed by atoms with Crippen LogP contribution in [0.1, 0.15) is 0 Å². The fraction of sp³-hybridized carbons (Fsp3) is 0. The van der Waals surface area contributed by atoms with E-state index in [2.05, 4.69) is 127 Å². The van der Waals surface area contributed by atoms with E-state index in [4.69, 9.17) is 6.57 Å². The maximum atomic E-state index is 7.52. The molecule has 0 spiro atoms. The SMILES string of the molecule is [C-]#[N+]c1cc(Br)cc(-n2c3ccccc3c3cc(-n4c5ccccc5c5ccccc54)ccc32)c1. The smallest absolute Gasteiger partial charge is 0.190 e. The molecule has 0 aliphatic heterocycles. The van der Waals surface area contributed by atoms with Crippen molar-refractivity contribution in [2.45, 2.75) is 0 Å². The lowest BCUT2D eigenvalue weighted by molar-refractivity contribution is 1.16. The van der Waals surface area contributed by atoms with Crippen LogP contribution in [0, 0.1) is 6.57 Å². The lowest BCUT2D eigenvalue weighted by Crippen LogP contribution is -1.95. The van der Waals surface area contributed by atoms with Crippen molar-refractivity contribution in [3.8, 4) is 11.4 Å². The highest BCUT2D eigenvalue weighted by molar-refractivity contribution is 9.10. The molecule has 7 rings (SSSR count). The van der Waals surface area contributed by atoms with Crippen LogP contribution in [0.4, 0.5) is 5.69 Å². The molecule has 0 aliphatic carbocycles. The van der Waals surface area contributed by atoms with Crippen molar-refractivity contribution < 1.29 is 0 Å². The van der Waals surface area contributed by atoms with Crippen LogP contribution in [0.2, 0.25) is 0 Å². The van der Waals surface area contributed by atoms with Crippen LogP contribution >= 0.6 is 15.9 Å². The van der Waals surface area contributed by atoms with Crippen molar-refractivity contribution in [1.82, 2.24) is 9.13 Å². The zero-order valence-electron chi connectivity index (χ0n) is 18.6. The first-order valence-corrected chi connectivity index (χ1v) is 12.2. The van der Waals surface area contributed by atoms with Crippen molar-refractivity contribution in [2.24, 2.45) is 0 Å². The van der Waals surface area contributed by atoms with Crippen LogP contribution in [0.15, 0.2) is 114 Å². The van der Waals surface area contributed by atoms with E-state index >= 15 is 0 Å². The van der Waals surface area contributed by atoms with Gasteiger partial charge in [0.25, 0.3) is 0 Å². The van der Waals surface area contributed by atoms with E-state index in [-0.39, 0.29) is 0 Å². The van der Waals surface area contributed by atoms with Gasteiger partial charge in [-0.25, -0.2) is 4.85 Å². The van der Waals surface area contributed by atoms with Gasteiger partial charge in [0.1, 0.15) is 0 Å². The molecule has 7 aromatic rings. The predicted octanol–water partition coefficient (Wildman–Crippen LogP) is 9.19. The van der Waals surface area contributed by atoms with E-state index in [9.17, 15) is 0 Å². The summed E-state index contributed by atoms with van der Waals surface area (Å²) in [5, 5.41) is 4.89. The molecule has 0 bridgehead atoms. The number of para-hydroxylation sites is 3. The van der Waals surface area contributed by atoms with Crippen LogP contribution in [0.3, 0.4) is 0 Å². The van der Waals surface area contributed by atoms with E-state index in [1.807, 2.05) is 12.1 Å². The maximum absolute atomic E-state index is 7.52. The van der Waals surface area contributed by atoms with Crippen molar-refractivity contribution >= 4 is 65.2 Å². The molecule has 3 nitrogen and oxygen atoms in total. The molecule has 5 aromatic carbocycles. The largest absolute Gasteiger partial charge is 0.310 e. The van der Waals surface area contributed by atoms with E-state index in [0.29, 0.717) is 5.69 Å². The monoisotopic (exact) mass is 511 g/mol. The minimum atomic E-state index is 0.613. The topological polar surface area (TPSA) is 14.2 Å². The molecule has 4 heteroatoms. The number of aromatic nitrogens is 2. The molecule has 35 heavy (non-hydrogen) atoms. The fourth-order valence-electron chi connectivity index (χ4n) is 5.33. The average Bonchev–Trinajstić information content (AvgIpc) is 3.41. The Labute approximate surface area is 210 Å². The number of benzene rings is 5. The Morgan fingerprint density at radius 3 is 1.63 bits per heavy atom. The van der Waals surface area contributed by atoms with Gasteiger partial charge < -0.3 is 9.13 Å². The number of fused-ring (bicyclic) bond motifs is 6. The minimum Gasteiger partial charge on any atom is -0.310 e. The Bertz CT molecular complexity index is 1930. The minimum absolute atomic E-state index is 0.613. The fourth-order valence-corrected chi connectivity index (χ4v) is 5.80. The highest BCUT2D eigenvalue weighted by atomic mass is 79.9. The second-order valence-electron chi connectivity index (χ2n) is 8.70. The molecule has 0 saturated carbocycles. The van der Waals surface area contributed by atoms with Gasteiger partial charge in [0.15, 0.2) is 5.69 Å². The number of rotatable bonds is 2. The first-order valence-electron chi connectivity index (χ1n) is 11.4. The normalized spacial score (nSPS) is 11.5. The van der Waals surface area contributed by atoms with E-state index < -0.39 is 0 Å². The first-order chi connectivity index (χ1) is 17.2. The summed E-state index contributed by atoms with van der Waals surface area (Å²) in [5.41, 5.74) is 7.36. The highest BCUT2D eigenvalue weighted by Crippen LogP contribution is 2.37. The van der Waals surface area contributed by atoms with E-state index in [0.717, 1.165) is 26.9 Å². The van der Waals surface area contributed by atoms with Crippen LogP contribution in [0.25, 0.3) is 59.8 Å². The quantitative estimate of drug-likeness (QED) is 0.205. The third-order valence-corrected chi connectivity index (χ3v) is 7.21. The van der Waals surface area contributed by atoms with Gasteiger partial charge in [-0.2, -0.15) is 0 Å². The standard InChI is InChI=1S/C31H18BrN3/c1-33-21-16-20(32)17-23(18-21)35-30-13-7-4-10-26(30)27-19-22(14-15-31(27)35)34-28-11-5-2-8-24(28)25-9-3-6-12-29(25)34/h2-19H. The van der Waals surface area contributed by atoms with Crippen molar-refractivity contribution in [2.75, 3.05) is 0 Å². The van der Waals surface area contributed by atoms with Gasteiger partial charge in [-0.3, -0.25) is 0 Å². The second kappa shape index (κ2) is 7.59. The van der Waals surface area contributed by atoms with Gasteiger partial charge in [0.2, 0.25) is 0 Å². The maximum Gasteiger partial charge on any atom is 0.190 e. The molecule has 0 atom stereocenters. The van der Waals surface area contributed by atoms with Crippen LogP contribution < -0.4 is 0 Å². The second-order valence-corrected chi connectivity index (χ2v) is 9.62. The molecule has 0 amide bonds. The molecule has 0 saturated heterocycles. The molecule has 0 aliphatic rings. The van der Waals surface area contributed by atoms with Crippen molar-refractivity contribution in [3.63, 3.8) is 0 Å². The number of nitrogens with zero attached hydrogens (tertiary/aromatic N) is 3. The van der Waals surface area contributed by atoms with Crippen molar-refractivity contribution in [3.05, 3.63) is 125 Å². The Morgan fingerprint density at radius 2 is 1.03 bits per heavy atom. The van der Waals surface area contributed by atoms with Crippen LogP contribution in [-0.4, -0.2) is 9.13 Å². The summed E-state index contributed by atoms with van der Waals surface area (Å²) in [5.74, 6) is 0. The number of hydrogen-bond donors (Lipinski definition) is 0. The van der Waals surface area contributed by atoms with Crippen LogP contribution in [0.5, 0.6) is 0 Å². The Morgan fingerprint density at radius 1 is 0.514 bits per heavy atom. The summed E-state index contributed by atoms with van der Waals surface area (Å²) >= 11 is 3.59. The highest BCUT2D eigenvalue weighted by Gasteiger charge is 2.16. The Kier molecular flexibility index (Phi) is 4.36. The predicted molar refractivity (Wildman–Crippen MR) is 149 cm³/mol.